The quantitative estimate of drug-likeness (QED) is 0.274. The van der Waals surface area contributed by atoms with E-state index in [4.69, 9.17) is 9.47 Å². The Morgan fingerprint density at radius 2 is 1.40 bits per heavy atom. The number of carbonyl (C=O) groups is 1. The van der Waals surface area contributed by atoms with Gasteiger partial charge in [0, 0.05) is 25.7 Å². The third kappa shape index (κ3) is 4.84. The number of quaternary nitrogens is 1. The number of ether oxygens (including phenoxy) is 2. The largest absolute Gasteiger partial charge is 0.493 e. The Labute approximate surface area is 207 Å². The zero-order valence-corrected chi connectivity index (χ0v) is 20.1. The molecule has 0 radical (unpaired) electrons. The Balaban J connectivity index is 1.33. The highest BCUT2D eigenvalue weighted by atomic mass is 16.6. The Morgan fingerprint density at radius 3 is 1.97 bits per heavy atom. The number of benzene rings is 3. The van der Waals surface area contributed by atoms with E-state index in [1.165, 1.54) is 0 Å². The van der Waals surface area contributed by atoms with Crippen LogP contribution in [0.15, 0.2) is 91.0 Å². The van der Waals surface area contributed by atoms with Crippen molar-refractivity contribution in [2.75, 3.05) is 26.2 Å². The number of carbonyl (C=O) groups excluding carboxylic acids is 1. The molecule has 0 saturated carbocycles. The number of hydrogen-bond acceptors (Lipinski definition) is 4. The summed E-state index contributed by atoms with van der Waals surface area (Å²) in [6, 6.07) is 28.1. The molecule has 5 heteroatoms. The van der Waals surface area contributed by atoms with Gasteiger partial charge in [-0.1, -0.05) is 78.9 Å². The van der Waals surface area contributed by atoms with Gasteiger partial charge in [-0.15, -0.1) is 0 Å². The lowest BCUT2D eigenvalue weighted by Crippen LogP contribution is -2.66. The van der Waals surface area contributed by atoms with Crippen molar-refractivity contribution < 1.29 is 23.9 Å². The van der Waals surface area contributed by atoms with Crippen LogP contribution in [-0.4, -0.2) is 48.0 Å². The molecule has 1 atom stereocenters. The van der Waals surface area contributed by atoms with Crippen molar-refractivity contribution in [2.45, 2.75) is 37.5 Å². The molecule has 6 rings (SSSR count). The Bertz CT molecular complexity index is 1060. The molecule has 3 aliphatic rings. The topological polar surface area (TPSA) is 55.8 Å². The summed E-state index contributed by atoms with van der Waals surface area (Å²) < 4.78 is 13.0. The molecule has 3 aliphatic heterocycles. The molecule has 182 valence electrons. The minimum Gasteiger partial charge on any atom is -0.493 e. The number of nitrogens with zero attached hydrogens (tertiary/aromatic N) is 1. The first-order valence-corrected chi connectivity index (χ1v) is 12.7. The van der Waals surface area contributed by atoms with E-state index in [1.807, 2.05) is 66.7 Å². The van der Waals surface area contributed by atoms with Crippen molar-refractivity contribution in [3.8, 4) is 5.75 Å². The number of piperidine rings is 3. The smallest absolute Gasteiger partial charge is 0.352 e. The van der Waals surface area contributed by atoms with E-state index in [0.29, 0.717) is 23.7 Å². The van der Waals surface area contributed by atoms with Crippen LogP contribution < -0.4 is 4.74 Å². The van der Waals surface area contributed by atoms with E-state index in [-0.39, 0.29) is 6.23 Å². The number of para-hydroxylation sites is 1. The van der Waals surface area contributed by atoms with Crippen molar-refractivity contribution >= 4 is 5.97 Å². The Hall–Kier alpha value is -3.15. The third-order valence-corrected chi connectivity index (χ3v) is 7.79. The average molecular weight is 473 g/mol. The zero-order valence-electron chi connectivity index (χ0n) is 20.1. The highest BCUT2D eigenvalue weighted by Gasteiger charge is 2.52. The van der Waals surface area contributed by atoms with Crippen molar-refractivity contribution in [1.82, 2.24) is 0 Å². The fourth-order valence-electron chi connectivity index (χ4n) is 5.75. The van der Waals surface area contributed by atoms with Gasteiger partial charge in [0.15, 0.2) is 0 Å². The van der Waals surface area contributed by atoms with Gasteiger partial charge in [-0.3, -0.25) is 4.48 Å². The molecule has 1 N–H and O–H groups in total. The molecule has 35 heavy (non-hydrogen) atoms. The maximum Gasteiger partial charge on any atom is 0.352 e. The Kier molecular flexibility index (Phi) is 6.89. The van der Waals surface area contributed by atoms with Gasteiger partial charge in [0.1, 0.15) is 5.75 Å². The van der Waals surface area contributed by atoms with E-state index in [0.717, 1.165) is 55.6 Å². The van der Waals surface area contributed by atoms with Crippen molar-refractivity contribution in [3.63, 3.8) is 0 Å². The minimum absolute atomic E-state index is 0.245. The first-order valence-electron chi connectivity index (χ1n) is 12.7. The molecule has 3 aromatic carbocycles. The zero-order chi connectivity index (χ0) is 24.1. The van der Waals surface area contributed by atoms with Crippen LogP contribution in [-0.2, 0) is 15.1 Å². The first-order chi connectivity index (χ1) is 17.1. The van der Waals surface area contributed by atoms with Crippen LogP contribution in [0.3, 0.4) is 0 Å². The predicted molar refractivity (Wildman–Crippen MR) is 135 cm³/mol. The molecule has 0 aliphatic carbocycles. The van der Waals surface area contributed by atoms with Gasteiger partial charge in [0.25, 0.3) is 0 Å². The molecule has 3 saturated heterocycles. The minimum atomic E-state index is -1.85. The number of fused-ring (bicyclic) bond motifs is 3. The average Bonchev–Trinajstić information content (AvgIpc) is 2.93. The van der Waals surface area contributed by atoms with E-state index >= 15 is 0 Å². The summed E-state index contributed by atoms with van der Waals surface area (Å²) in [7, 11) is 0. The third-order valence-electron chi connectivity index (χ3n) is 7.79. The molecule has 3 heterocycles. The molecule has 3 fully saturated rings. The van der Waals surface area contributed by atoms with Crippen LogP contribution in [0.5, 0.6) is 5.75 Å². The number of hydrogen-bond donors (Lipinski definition) is 1. The van der Waals surface area contributed by atoms with E-state index in [9.17, 15) is 9.90 Å². The maximum absolute atomic E-state index is 13.8. The molecule has 0 spiro atoms. The van der Waals surface area contributed by atoms with Gasteiger partial charge in [-0.25, -0.2) is 4.79 Å². The SMILES string of the molecule is O=C(OC1CC2CC[N+]1(CCCOc1ccccc1)CC2)C(O)(c1ccccc1)c1ccccc1. The van der Waals surface area contributed by atoms with Crippen LogP contribution in [0.1, 0.15) is 36.8 Å². The van der Waals surface area contributed by atoms with E-state index in [2.05, 4.69) is 0 Å². The van der Waals surface area contributed by atoms with E-state index < -0.39 is 11.6 Å². The van der Waals surface area contributed by atoms with E-state index in [1.54, 1.807) is 24.3 Å². The van der Waals surface area contributed by atoms with Crippen LogP contribution in [0.2, 0.25) is 0 Å². The second-order valence-corrected chi connectivity index (χ2v) is 9.89. The van der Waals surface area contributed by atoms with Gasteiger partial charge in [0.2, 0.25) is 11.8 Å². The number of rotatable bonds is 9. The summed E-state index contributed by atoms with van der Waals surface area (Å²) in [5.41, 5.74) is -0.800. The van der Waals surface area contributed by atoms with Gasteiger partial charge < -0.3 is 14.6 Å². The lowest BCUT2D eigenvalue weighted by molar-refractivity contribution is -0.984. The highest BCUT2D eigenvalue weighted by molar-refractivity contribution is 5.85. The van der Waals surface area contributed by atoms with Crippen LogP contribution in [0, 0.1) is 5.92 Å². The molecule has 0 aromatic heterocycles. The molecule has 2 bridgehead atoms. The lowest BCUT2D eigenvalue weighted by atomic mass is 9.83. The van der Waals surface area contributed by atoms with Gasteiger partial charge in [0.05, 0.1) is 26.2 Å². The highest BCUT2D eigenvalue weighted by Crippen LogP contribution is 2.41. The van der Waals surface area contributed by atoms with Crippen molar-refractivity contribution in [3.05, 3.63) is 102 Å². The number of aliphatic hydroxyl groups is 1. The Morgan fingerprint density at radius 1 is 0.857 bits per heavy atom. The molecular formula is C30H34NO4+. The maximum atomic E-state index is 13.8. The molecule has 0 amide bonds. The predicted octanol–water partition coefficient (Wildman–Crippen LogP) is 4.89. The van der Waals surface area contributed by atoms with Gasteiger partial charge in [-0.05, 0) is 29.2 Å². The second-order valence-electron chi connectivity index (χ2n) is 9.89. The molecule has 3 aromatic rings. The standard InChI is InChI=1S/C30H34NO4/c32-29(30(33,25-11-4-1-5-12-25)26-13-6-2-7-14-26)35-28-23-24-17-20-31(28,21-18-24)19-10-22-34-27-15-8-3-9-16-27/h1-9,11-16,24,28,33H,10,17-23H2/q+1. The number of esters is 1. The van der Waals surface area contributed by atoms with Crippen molar-refractivity contribution in [1.29, 1.82) is 0 Å². The fraction of sp³-hybridized carbons (Fsp3) is 0.367. The molecule has 5 nitrogen and oxygen atoms in total. The van der Waals surface area contributed by atoms with Crippen LogP contribution in [0.4, 0.5) is 0 Å². The van der Waals surface area contributed by atoms with Crippen molar-refractivity contribution in [2.24, 2.45) is 5.92 Å². The molecule has 1 unspecified atom stereocenters. The lowest BCUT2D eigenvalue weighted by Gasteiger charge is -2.53. The van der Waals surface area contributed by atoms with Crippen LogP contribution in [0.25, 0.3) is 0 Å². The summed E-state index contributed by atoms with van der Waals surface area (Å²) in [5.74, 6) is 0.865. The first kappa shape index (κ1) is 23.6. The van der Waals surface area contributed by atoms with Gasteiger partial charge >= 0.3 is 5.97 Å². The summed E-state index contributed by atoms with van der Waals surface area (Å²) in [5, 5.41) is 11.8. The van der Waals surface area contributed by atoms with Crippen LogP contribution >= 0.6 is 0 Å². The second kappa shape index (κ2) is 10.2. The molecular weight excluding hydrogens is 438 g/mol. The summed E-state index contributed by atoms with van der Waals surface area (Å²) >= 11 is 0. The summed E-state index contributed by atoms with van der Waals surface area (Å²) in [6.45, 7) is 3.53. The monoisotopic (exact) mass is 472 g/mol. The normalized spacial score (nSPS) is 23.6. The fourth-order valence-corrected chi connectivity index (χ4v) is 5.75. The summed E-state index contributed by atoms with van der Waals surface area (Å²) in [6.07, 6.45) is 3.82. The summed E-state index contributed by atoms with van der Waals surface area (Å²) in [4.78, 5) is 13.8. The van der Waals surface area contributed by atoms with Gasteiger partial charge in [-0.2, -0.15) is 0 Å².